The average molecular weight is 1300 g/mol. The van der Waals surface area contributed by atoms with Gasteiger partial charge >= 0.3 is 0 Å². The summed E-state index contributed by atoms with van der Waals surface area (Å²) in [7, 11) is 0. The number of rotatable bonds is 9. The van der Waals surface area contributed by atoms with E-state index in [2.05, 4.69) is 288 Å². The van der Waals surface area contributed by atoms with Crippen LogP contribution in [0.2, 0.25) is 0 Å². The number of nitrogens with zero attached hydrogens (tertiary/aromatic N) is 5. The minimum Gasteiger partial charge on any atom is -0.509 e. The van der Waals surface area contributed by atoms with E-state index in [0.29, 0.717) is 11.5 Å². The molecule has 0 spiro atoms. The molecule has 0 fully saturated rings. The van der Waals surface area contributed by atoms with Crippen LogP contribution in [0.4, 0.5) is 27.1 Å². The topological polar surface area (TPSA) is 38.5 Å². The van der Waals surface area contributed by atoms with Gasteiger partial charge < -0.3 is 23.7 Å². The van der Waals surface area contributed by atoms with Crippen LogP contribution in [-0.4, -0.2) is 14.1 Å². The molecule has 1 aliphatic rings. The van der Waals surface area contributed by atoms with Crippen molar-refractivity contribution in [2.75, 3.05) is 9.80 Å². The number of anilines is 4. The number of fused-ring (bicyclic) bond motifs is 7. The quantitative estimate of drug-likeness (QED) is 0.135. The van der Waals surface area contributed by atoms with Gasteiger partial charge in [0.15, 0.2) is 0 Å². The van der Waals surface area contributed by atoms with E-state index in [9.17, 15) is 0 Å². The predicted molar refractivity (Wildman–Crippen MR) is 351 cm³/mol. The van der Waals surface area contributed by atoms with Crippen molar-refractivity contribution in [2.24, 2.45) is 0 Å². The van der Waals surface area contributed by atoms with Crippen LogP contribution in [-0.2, 0) is 37.3 Å². The molecule has 6 nitrogen and oxygen atoms in total. The molecule has 8 heteroatoms. The maximum atomic E-state index is 15.1. The van der Waals surface area contributed by atoms with E-state index in [-0.39, 0.29) is 43.1 Å². The van der Waals surface area contributed by atoms with Crippen molar-refractivity contribution in [3.63, 3.8) is 0 Å². The monoisotopic (exact) mass is 1300 g/mol. The van der Waals surface area contributed by atoms with E-state index in [1.807, 2.05) is 24.4 Å². The standard InChI is InChI=1S/C78H65FN5O.Pt/c1-76(2,3)54-37-38-80-74(44-54)84-70-28-18-15-25-64(70)65-36-35-60(48-73(65)84)85-61-46-58(45-59(47-61)83-68-26-16-13-23-62(68)63-24-14-17-27-69(63)83)81-49-82(72-30-20-19-29-71(72)81)75-66(51-31-33-57(79)34-32-51)41-52(50-21-11-10-12-22-50)42-67(75)53-39-55(77(4,5)6)43-56(40-53)78(7,8)9;/h10-45,47,49H,1-9H3;/q-3;. The number of halogens is 1. The van der Waals surface area contributed by atoms with Gasteiger partial charge in [-0.1, -0.05) is 207 Å². The van der Waals surface area contributed by atoms with Gasteiger partial charge in [-0.3, -0.25) is 0 Å². The maximum absolute atomic E-state index is 15.1. The Morgan fingerprint density at radius 1 is 0.430 bits per heavy atom. The molecule has 0 bridgehead atoms. The van der Waals surface area contributed by atoms with Crippen molar-refractivity contribution in [1.29, 1.82) is 0 Å². The van der Waals surface area contributed by atoms with Gasteiger partial charge in [-0.15, -0.1) is 42.4 Å². The number of hydrogen-bond acceptors (Lipinski definition) is 4. The van der Waals surface area contributed by atoms with E-state index in [1.165, 1.54) is 16.7 Å². The first-order valence-electron chi connectivity index (χ1n) is 29.3. The number of ether oxygens (including phenoxy) is 1. The Morgan fingerprint density at radius 2 is 0.977 bits per heavy atom. The largest absolute Gasteiger partial charge is 0.509 e. The fourth-order valence-corrected chi connectivity index (χ4v) is 12.2. The Balaban J connectivity index is 0.00000686. The summed E-state index contributed by atoms with van der Waals surface area (Å²) in [6, 6.07) is 83.7. The molecule has 14 rings (SSSR count). The summed E-state index contributed by atoms with van der Waals surface area (Å²) in [5, 5.41) is 4.46. The zero-order chi connectivity index (χ0) is 58.5. The van der Waals surface area contributed by atoms with E-state index >= 15 is 4.39 Å². The second kappa shape index (κ2) is 21.5. The molecule has 1 aliphatic heterocycles. The molecule has 0 N–H and O–H groups in total. The summed E-state index contributed by atoms with van der Waals surface area (Å²) < 4.78 is 26.8. The normalized spacial score (nSPS) is 12.8. The van der Waals surface area contributed by atoms with E-state index < -0.39 is 0 Å². The number of pyridine rings is 1. The number of benzene rings is 10. The van der Waals surface area contributed by atoms with Crippen LogP contribution < -0.4 is 14.5 Å². The Hall–Kier alpha value is -9.03. The van der Waals surface area contributed by atoms with Gasteiger partial charge in [-0.05, 0) is 127 Å². The van der Waals surface area contributed by atoms with Gasteiger partial charge in [0.25, 0.3) is 0 Å². The molecule has 0 saturated carbocycles. The summed E-state index contributed by atoms with van der Waals surface area (Å²) in [5.74, 6) is 1.58. The Bertz CT molecular complexity index is 4660. The summed E-state index contributed by atoms with van der Waals surface area (Å²) in [6.07, 6.45) is 1.90. The second-order valence-corrected chi connectivity index (χ2v) is 25.6. The molecule has 0 unspecified atom stereocenters. The third-order valence-corrected chi connectivity index (χ3v) is 16.8. The molecule has 0 atom stereocenters. The zero-order valence-electron chi connectivity index (χ0n) is 49.8. The summed E-state index contributed by atoms with van der Waals surface area (Å²) >= 11 is 0. The molecule has 13 aromatic rings. The molecule has 0 aliphatic carbocycles. The fraction of sp³-hybridized carbons (Fsp3) is 0.154. The average Bonchev–Trinajstić information content (AvgIpc) is 2.64. The van der Waals surface area contributed by atoms with Crippen LogP contribution >= 0.6 is 0 Å². The molecule has 10 aromatic carbocycles. The summed E-state index contributed by atoms with van der Waals surface area (Å²) in [4.78, 5) is 9.51. The molecular formula is C78H65FN5OPt-3. The van der Waals surface area contributed by atoms with Crippen LogP contribution in [0, 0.1) is 24.6 Å². The number of para-hydroxylation sites is 5. The molecule has 4 heterocycles. The van der Waals surface area contributed by atoms with Gasteiger partial charge in [-0.25, -0.2) is 9.37 Å². The predicted octanol–water partition coefficient (Wildman–Crippen LogP) is 21.1. The molecule has 3 aromatic heterocycles. The van der Waals surface area contributed by atoms with E-state index in [4.69, 9.17) is 9.72 Å². The summed E-state index contributed by atoms with van der Waals surface area (Å²) in [5.41, 5.74) is 18.0. The van der Waals surface area contributed by atoms with Crippen LogP contribution in [0.5, 0.6) is 11.5 Å². The first-order chi connectivity index (χ1) is 40.9. The Kier molecular flexibility index (Phi) is 14.0. The van der Waals surface area contributed by atoms with Crippen molar-refractivity contribution >= 4 is 66.4 Å². The van der Waals surface area contributed by atoms with E-state index in [1.54, 1.807) is 12.1 Å². The van der Waals surface area contributed by atoms with Crippen molar-refractivity contribution < 1.29 is 30.2 Å². The minimum atomic E-state index is -0.291. The first-order valence-corrected chi connectivity index (χ1v) is 29.3. The van der Waals surface area contributed by atoms with Crippen molar-refractivity contribution in [2.45, 2.75) is 78.6 Å². The molecule has 0 radical (unpaired) electrons. The summed E-state index contributed by atoms with van der Waals surface area (Å²) in [6.45, 7) is 22.6. The zero-order valence-corrected chi connectivity index (χ0v) is 52.1. The van der Waals surface area contributed by atoms with Crippen molar-refractivity contribution in [3.05, 3.63) is 266 Å². The Morgan fingerprint density at radius 3 is 1.59 bits per heavy atom. The van der Waals surface area contributed by atoms with Gasteiger partial charge in [0.1, 0.15) is 11.6 Å². The smallest absolute Gasteiger partial charge is 0.135 e. The molecule has 428 valence electrons. The van der Waals surface area contributed by atoms with Crippen molar-refractivity contribution in [3.8, 4) is 56.4 Å². The van der Waals surface area contributed by atoms with E-state index in [0.717, 1.165) is 111 Å². The fourth-order valence-electron chi connectivity index (χ4n) is 12.2. The number of hydrogen-bond donors (Lipinski definition) is 0. The molecular weight excluding hydrogens is 1240 g/mol. The van der Waals surface area contributed by atoms with Gasteiger partial charge in [0, 0.05) is 83.2 Å². The van der Waals surface area contributed by atoms with Crippen LogP contribution in [0.25, 0.3) is 88.5 Å². The van der Waals surface area contributed by atoms with Gasteiger partial charge in [-0.2, -0.15) is 6.07 Å². The third-order valence-electron chi connectivity index (χ3n) is 16.8. The van der Waals surface area contributed by atoms with Crippen LogP contribution in [0.1, 0.15) is 79.0 Å². The molecule has 0 amide bonds. The third kappa shape index (κ3) is 10.1. The molecule has 86 heavy (non-hydrogen) atoms. The van der Waals surface area contributed by atoms with Crippen LogP contribution in [0.3, 0.4) is 0 Å². The van der Waals surface area contributed by atoms with Crippen molar-refractivity contribution in [1.82, 2.24) is 14.1 Å². The minimum absolute atomic E-state index is 0. The maximum Gasteiger partial charge on any atom is 0.135 e. The van der Waals surface area contributed by atoms with Gasteiger partial charge in [0.05, 0.1) is 11.0 Å². The molecule has 0 saturated heterocycles. The number of aromatic nitrogens is 3. The Labute approximate surface area is 518 Å². The van der Waals surface area contributed by atoms with Crippen LogP contribution in [0.15, 0.2) is 225 Å². The SMILES string of the molecule is CC(C)(C)c1cc(-c2cc(-c3ccccc3)cc(-c3ccc(F)cc3)c2N2[CH-]N(c3[c-]c(Oc4[c-]c5c(cc4)c4ccccc4n5-c4cc(C(C)(C)C)ccn4)cc(-n4c5ccccc5c5ccccc54)c3)c3ccccc32)cc(C(C)(C)C)c1.[Pt]. The first kappa shape index (κ1) is 56.1. The second-order valence-electron chi connectivity index (χ2n) is 25.6. The van der Waals surface area contributed by atoms with Gasteiger partial charge in [0.2, 0.25) is 0 Å².